The van der Waals surface area contributed by atoms with Crippen molar-refractivity contribution < 1.29 is 4.74 Å². The van der Waals surface area contributed by atoms with Crippen molar-refractivity contribution in [2.24, 2.45) is 5.92 Å². The zero-order chi connectivity index (χ0) is 9.64. The molecule has 1 saturated heterocycles. The molecular formula is C12H18NO. The molecular weight excluding hydrogens is 174 g/mol. The van der Waals surface area contributed by atoms with E-state index < -0.39 is 0 Å². The molecule has 2 rings (SSSR count). The van der Waals surface area contributed by atoms with Gasteiger partial charge in [-0.3, -0.25) is 0 Å². The topological polar surface area (TPSA) is 21.3 Å². The van der Waals surface area contributed by atoms with Crippen molar-refractivity contribution >= 4 is 0 Å². The van der Waals surface area contributed by atoms with E-state index in [4.69, 9.17) is 4.74 Å². The van der Waals surface area contributed by atoms with Crippen molar-refractivity contribution in [2.75, 3.05) is 19.7 Å². The molecule has 1 atom stereocenters. The molecule has 2 nitrogen and oxygen atoms in total. The Labute approximate surface area is 86.0 Å². The first-order valence-electron chi connectivity index (χ1n) is 5.49. The van der Waals surface area contributed by atoms with Gasteiger partial charge in [0.05, 0.1) is 6.61 Å². The number of hydrogen-bond donors (Lipinski definition) is 1. The second-order valence-corrected chi connectivity index (χ2v) is 3.96. The normalized spacial score (nSPS) is 27.1. The molecule has 0 spiro atoms. The lowest BCUT2D eigenvalue weighted by molar-refractivity contribution is 0.152. The third-order valence-electron chi connectivity index (χ3n) is 2.74. The number of rotatable bonds is 3. The van der Waals surface area contributed by atoms with Crippen molar-refractivity contribution in [3.8, 4) is 0 Å². The summed E-state index contributed by atoms with van der Waals surface area (Å²) < 4.78 is 5.74. The van der Waals surface area contributed by atoms with Crippen LogP contribution in [0.25, 0.3) is 0 Å². The molecule has 0 aromatic heterocycles. The molecule has 1 heterocycles. The van der Waals surface area contributed by atoms with Crippen LogP contribution in [0.15, 0.2) is 24.0 Å². The molecule has 1 aliphatic carbocycles. The number of allylic oxidation sites excluding steroid dienone is 4. The summed E-state index contributed by atoms with van der Waals surface area (Å²) in [6, 6.07) is 0. The maximum absolute atomic E-state index is 5.74. The summed E-state index contributed by atoms with van der Waals surface area (Å²) in [4.78, 5) is 0. The Morgan fingerprint density at radius 3 is 3.21 bits per heavy atom. The second-order valence-electron chi connectivity index (χ2n) is 3.96. The molecule has 0 bridgehead atoms. The first-order chi connectivity index (χ1) is 6.95. The summed E-state index contributed by atoms with van der Waals surface area (Å²) in [5, 5.41) is 3.40. The minimum atomic E-state index is 0.698. The van der Waals surface area contributed by atoms with E-state index in [1.165, 1.54) is 19.4 Å². The van der Waals surface area contributed by atoms with Crippen molar-refractivity contribution in [3.05, 3.63) is 30.4 Å². The van der Waals surface area contributed by atoms with Crippen LogP contribution in [-0.4, -0.2) is 19.7 Å². The minimum Gasteiger partial charge on any atom is -0.497 e. The number of hydrogen-bond acceptors (Lipinski definition) is 2. The molecule has 0 amide bonds. The smallest absolute Gasteiger partial charge is 0.100 e. The highest BCUT2D eigenvalue weighted by molar-refractivity contribution is 5.21. The molecule has 14 heavy (non-hydrogen) atoms. The average molecular weight is 192 g/mol. The Morgan fingerprint density at radius 2 is 2.50 bits per heavy atom. The van der Waals surface area contributed by atoms with Crippen molar-refractivity contribution in [1.82, 2.24) is 5.32 Å². The van der Waals surface area contributed by atoms with Gasteiger partial charge in [-0.05, 0) is 31.9 Å². The van der Waals surface area contributed by atoms with E-state index >= 15 is 0 Å². The Hall–Kier alpha value is -0.760. The molecule has 0 saturated carbocycles. The van der Waals surface area contributed by atoms with Crippen molar-refractivity contribution in [2.45, 2.75) is 19.3 Å². The van der Waals surface area contributed by atoms with E-state index in [9.17, 15) is 0 Å². The van der Waals surface area contributed by atoms with Gasteiger partial charge in [-0.1, -0.05) is 12.2 Å². The summed E-state index contributed by atoms with van der Waals surface area (Å²) in [7, 11) is 0. The van der Waals surface area contributed by atoms with Gasteiger partial charge in [-0.25, -0.2) is 0 Å². The van der Waals surface area contributed by atoms with Crippen LogP contribution in [0.5, 0.6) is 0 Å². The summed E-state index contributed by atoms with van der Waals surface area (Å²) in [6.07, 6.45) is 12.0. The highest BCUT2D eigenvalue weighted by atomic mass is 16.5. The molecule has 0 aromatic carbocycles. The monoisotopic (exact) mass is 192 g/mol. The molecule has 0 aromatic rings. The number of ether oxygens (including phenoxy) is 1. The zero-order valence-electron chi connectivity index (χ0n) is 8.54. The lowest BCUT2D eigenvalue weighted by Crippen LogP contribution is -2.32. The summed E-state index contributed by atoms with van der Waals surface area (Å²) in [5.41, 5.74) is 0. The van der Waals surface area contributed by atoms with Crippen LogP contribution in [-0.2, 0) is 4.74 Å². The number of piperidine rings is 1. The first-order valence-corrected chi connectivity index (χ1v) is 5.49. The van der Waals surface area contributed by atoms with Crippen LogP contribution in [0.1, 0.15) is 19.3 Å². The van der Waals surface area contributed by atoms with E-state index in [1.807, 2.05) is 6.08 Å². The summed E-state index contributed by atoms with van der Waals surface area (Å²) >= 11 is 0. The standard InChI is InChI=1S/C12H18NO/c1-2-6-12(7-3-1)14-10-11-5-4-8-13-9-11/h1-2,6-7,11,13H,3-5,8-10H2. The van der Waals surface area contributed by atoms with Gasteiger partial charge in [0, 0.05) is 18.9 Å². The van der Waals surface area contributed by atoms with Crippen LogP contribution in [0, 0.1) is 12.3 Å². The lowest BCUT2D eigenvalue weighted by Gasteiger charge is -2.23. The van der Waals surface area contributed by atoms with Crippen LogP contribution >= 0.6 is 0 Å². The molecule has 1 aliphatic heterocycles. The van der Waals surface area contributed by atoms with Gasteiger partial charge < -0.3 is 10.1 Å². The maximum Gasteiger partial charge on any atom is 0.100 e. The average Bonchev–Trinajstić information content (AvgIpc) is 2.29. The summed E-state index contributed by atoms with van der Waals surface area (Å²) in [5.74, 6) is 1.74. The SMILES string of the molecule is [CH]1CC=CC=C1OCC1CCCNC1. The molecule has 77 valence electrons. The fraction of sp³-hybridized carbons (Fsp3) is 0.583. The lowest BCUT2D eigenvalue weighted by atomic mass is 10.0. The number of nitrogens with one attached hydrogen (secondary N) is 1. The molecule has 2 heteroatoms. The quantitative estimate of drug-likeness (QED) is 0.739. The maximum atomic E-state index is 5.74. The van der Waals surface area contributed by atoms with Gasteiger partial charge in [0.15, 0.2) is 0 Å². The van der Waals surface area contributed by atoms with Crippen molar-refractivity contribution in [1.29, 1.82) is 0 Å². The predicted octanol–water partition coefficient (Wildman–Crippen LogP) is 2.05. The van der Waals surface area contributed by atoms with Gasteiger partial charge in [-0.15, -0.1) is 0 Å². The van der Waals surface area contributed by atoms with E-state index in [2.05, 4.69) is 23.9 Å². The summed E-state index contributed by atoms with van der Waals surface area (Å²) in [6.45, 7) is 3.15. The second kappa shape index (κ2) is 5.20. The van der Waals surface area contributed by atoms with Crippen LogP contribution in [0.4, 0.5) is 0 Å². The van der Waals surface area contributed by atoms with E-state index in [0.717, 1.165) is 25.3 Å². The third-order valence-corrected chi connectivity index (χ3v) is 2.74. The van der Waals surface area contributed by atoms with E-state index in [1.54, 1.807) is 0 Å². The fourth-order valence-corrected chi connectivity index (χ4v) is 1.88. The van der Waals surface area contributed by atoms with Gasteiger partial charge >= 0.3 is 0 Å². The highest BCUT2D eigenvalue weighted by Gasteiger charge is 2.14. The van der Waals surface area contributed by atoms with Crippen LogP contribution in [0.3, 0.4) is 0 Å². The third kappa shape index (κ3) is 2.88. The largest absolute Gasteiger partial charge is 0.497 e. The molecule has 1 radical (unpaired) electrons. The molecule has 2 aliphatic rings. The van der Waals surface area contributed by atoms with Crippen LogP contribution in [0.2, 0.25) is 0 Å². The predicted molar refractivity (Wildman–Crippen MR) is 57.7 cm³/mol. The Morgan fingerprint density at radius 1 is 1.50 bits per heavy atom. The fourth-order valence-electron chi connectivity index (χ4n) is 1.88. The Bertz CT molecular complexity index is 226. The molecule has 1 N–H and O–H groups in total. The van der Waals surface area contributed by atoms with Crippen molar-refractivity contribution in [3.63, 3.8) is 0 Å². The van der Waals surface area contributed by atoms with Gasteiger partial charge in [0.2, 0.25) is 0 Å². The minimum absolute atomic E-state index is 0.698. The van der Waals surface area contributed by atoms with E-state index in [0.29, 0.717) is 5.92 Å². The first kappa shape index (κ1) is 9.78. The highest BCUT2D eigenvalue weighted by Crippen LogP contribution is 2.16. The Kier molecular flexibility index (Phi) is 3.64. The molecule has 1 fully saturated rings. The van der Waals surface area contributed by atoms with Gasteiger partial charge in [-0.2, -0.15) is 0 Å². The van der Waals surface area contributed by atoms with Crippen LogP contribution < -0.4 is 5.32 Å². The van der Waals surface area contributed by atoms with E-state index in [-0.39, 0.29) is 0 Å². The molecule has 1 unspecified atom stereocenters. The Balaban J connectivity index is 1.70. The zero-order valence-corrected chi connectivity index (χ0v) is 8.54. The van der Waals surface area contributed by atoms with Gasteiger partial charge in [0.1, 0.15) is 5.76 Å². The van der Waals surface area contributed by atoms with Gasteiger partial charge in [0.25, 0.3) is 0 Å².